The second-order valence-electron chi connectivity index (χ2n) is 4.59. The van der Waals surface area contributed by atoms with Crippen LogP contribution in [0.25, 0.3) is 0 Å². The van der Waals surface area contributed by atoms with Gasteiger partial charge in [-0.1, -0.05) is 0 Å². The number of nitrogens with two attached hydrogens (primary N) is 1. The summed E-state index contributed by atoms with van der Waals surface area (Å²) in [7, 11) is 1.44. The maximum absolute atomic E-state index is 12.0. The third-order valence-corrected chi connectivity index (χ3v) is 3.21. The summed E-state index contributed by atoms with van der Waals surface area (Å²) in [5, 5.41) is 45.1. The van der Waals surface area contributed by atoms with Crippen LogP contribution in [0, 0.1) is 5.41 Å². The van der Waals surface area contributed by atoms with Gasteiger partial charge in [0.15, 0.2) is 5.96 Å². The molecule has 0 aromatic rings. The summed E-state index contributed by atoms with van der Waals surface area (Å²) in [5.41, 5.74) is 5.21. The Morgan fingerprint density at radius 3 is 2.47 bits per heavy atom. The molecule has 0 aromatic heterocycles. The van der Waals surface area contributed by atoms with Gasteiger partial charge in [-0.25, -0.2) is 0 Å². The minimum Gasteiger partial charge on any atom is -0.394 e. The molecule has 1 rings (SSSR count). The zero-order chi connectivity index (χ0) is 14.7. The molecule has 19 heavy (non-hydrogen) atoms. The smallest absolute Gasteiger partial charge is 0.242 e. The number of likely N-dealkylation sites (tertiary alicyclic amines) is 1. The van der Waals surface area contributed by atoms with Gasteiger partial charge in [0.05, 0.1) is 19.2 Å². The molecule has 1 fully saturated rings. The predicted octanol–water partition coefficient (Wildman–Crippen LogP) is -3.90. The number of rotatable bonds is 3. The highest BCUT2D eigenvalue weighted by Crippen LogP contribution is 2.19. The molecule has 0 saturated carbocycles. The van der Waals surface area contributed by atoms with Crippen molar-refractivity contribution in [1.82, 2.24) is 9.80 Å². The van der Waals surface area contributed by atoms with Crippen LogP contribution in [-0.2, 0) is 4.79 Å². The van der Waals surface area contributed by atoms with Gasteiger partial charge in [0.1, 0.15) is 18.3 Å². The molecule has 7 N–H and O–H groups in total. The zero-order valence-corrected chi connectivity index (χ0v) is 10.6. The lowest BCUT2D eigenvalue weighted by atomic mass is 9.94. The van der Waals surface area contributed by atoms with Crippen LogP contribution < -0.4 is 5.73 Å². The topological polar surface area (TPSA) is 154 Å². The van der Waals surface area contributed by atoms with Gasteiger partial charge in [0.25, 0.3) is 0 Å². The zero-order valence-electron chi connectivity index (χ0n) is 10.6. The summed E-state index contributed by atoms with van der Waals surface area (Å²) in [5.74, 6) is -0.811. The Morgan fingerprint density at radius 1 is 1.42 bits per heavy atom. The Labute approximate surface area is 110 Å². The molecule has 9 nitrogen and oxygen atoms in total. The SMILES string of the molecule is CN(CC(=O)N1C[C@H](O)[C@@H](O)[C@H](O)[C@H]1CO)C(=N)N. The fourth-order valence-corrected chi connectivity index (χ4v) is 1.96. The lowest BCUT2D eigenvalue weighted by Gasteiger charge is -2.43. The Bertz CT molecular complexity index is 353. The fraction of sp³-hybridized carbons (Fsp3) is 0.800. The first-order valence-corrected chi connectivity index (χ1v) is 5.79. The van der Waals surface area contributed by atoms with Crippen LogP contribution >= 0.6 is 0 Å². The number of likely N-dealkylation sites (N-methyl/N-ethyl adjacent to an activating group) is 1. The van der Waals surface area contributed by atoms with E-state index in [4.69, 9.17) is 11.1 Å². The number of amides is 1. The predicted molar refractivity (Wildman–Crippen MR) is 65.2 cm³/mol. The molecule has 1 heterocycles. The summed E-state index contributed by atoms with van der Waals surface area (Å²) >= 11 is 0. The van der Waals surface area contributed by atoms with Crippen molar-refractivity contribution in [3.8, 4) is 0 Å². The van der Waals surface area contributed by atoms with Gasteiger partial charge >= 0.3 is 0 Å². The Morgan fingerprint density at radius 2 is 2.00 bits per heavy atom. The highest BCUT2D eigenvalue weighted by molar-refractivity contribution is 5.84. The first kappa shape index (κ1) is 15.6. The summed E-state index contributed by atoms with van der Waals surface area (Å²) in [4.78, 5) is 14.3. The van der Waals surface area contributed by atoms with E-state index in [1.54, 1.807) is 0 Å². The van der Waals surface area contributed by atoms with Crippen molar-refractivity contribution in [3.05, 3.63) is 0 Å². The van der Waals surface area contributed by atoms with Crippen molar-refractivity contribution in [2.45, 2.75) is 24.4 Å². The third-order valence-electron chi connectivity index (χ3n) is 3.21. The van der Waals surface area contributed by atoms with Gasteiger partial charge in [-0.2, -0.15) is 0 Å². The van der Waals surface area contributed by atoms with Crippen LogP contribution in [0.2, 0.25) is 0 Å². The van der Waals surface area contributed by atoms with Crippen molar-refractivity contribution in [2.75, 3.05) is 26.7 Å². The average Bonchev–Trinajstić information content (AvgIpc) is 2.35. The average molecular weight is 276 g/mol. The van der Waals surface area contributed by atoms with Crippen LogP contribution in [0.4, 0.5) is 0 Å². The highest BCUT2D eigenvalue weighted by atomic mass is 16.4. The third kappa shape index (κ3) is 3.32. The van der Waals surface area contributed by atoms with E-state index >= 15 is 0 Å². The number of aliphatic hydroxyl groups excluding tert-OH is 4. The van der Waals surface area contributed by atoms with Crippen molar-refractivity contribution in [2.24, 2.45) is 5.73 Å². The van der Waals surface area contributed by atoms with E-state index in [0.29, 0.717) is 0 Å². The van der Waals surface area contributed by atoms with Crippen molar-refractivity contribution < 1.29 is 25.2 Å². The van der Waals surface area contributed by atoms with E-state index in [2.05, 4.69) is 0 Å². The van der Waals surface area contributed by atoms with Gasteiger partial charge in [-0.05, 0) is 0 Å². The van der Waals surface area contributed by atoms with Crippen molar-refractivity contribution in [1.29, 1.82) is 5.41 Å². The number of piperidine rings is 1. The molecule has 1 amide bonds. The molecule has 4 atom stereocenters. The molecule has 1 aliphatic rings. The van der Waals surface area contributed by atoms with E-state index in [0.717, 1.165) is 4.90 Å². The number of carbonyl (C=O) groups excluding carboxylic acids is 1. The monoisotopic (exact) mass is 276 g/mol. The molecule has 1 aliphatic heterocycles. The molecule has 1 saturated heterocycles. The fourth-order valence-electron chi connectivity index (χ4n) is 1.96. The van der Waals surface area contributed by atoms with Crippen LogP contribution in [-0.4, -0.2) is 93.2 Å². The molecule has 0 aliphatic carbocycles. The number of nitrogens with one attached hydrogen (secondary N) is 1. The molecule has 0 spiro atoms. The number of carbonyl (C=O) groups is 1. The lowest BCUT2D eigenvalue weighted by molar-refractivity contribution is -0.166. The lowest BCUT2D eigenvalue weighted by Crippen LogP contribution is -2.65. The van der Waals surface area contributed by atoms with E-state index in [-0.39, 0.29) is 19.0 Å². The standard InChI is InChI=1S/C10H20N4O5/c1-13(10(11)12)3-7(17)14-2-6(16)9(19)8(18)5(14)4-15/h5-6,8-9,15-16,18-19H,2-4H2,1H3,(H3,11,12)/t5-,6+,8-,9-/m1/s1. The number of hydrogen-bond donors (Lipinski definition) is 6. The molecular weight excluding hydrogens is 256 g/mol. The summed E-state index contributed by atoms with van der Waals surface area (Å²) in [6.45, 7) is -0.962. The summed E-state index contributed by atoms with van der Waals surface area (Å²) in [6, 6.07) is -0.994. The van der Waals surface area contributed by atoms with Crippen LogP contribution in [0.15, 0.2) is 0 Å². The van der Waals surface area contributed by atoms with Gasteiger partial charge in [-0.3, -0.25) is 10.2 Å². The Kier molecular flexibility index (Phi) is 5.06. The Hall–Kier alpha value is -1.42. The summed E-state index contributed by atoms with van der Waals surface area (Å²) < 4.78 is 0. The number of aliphatic hydroxyl groups is 4. The highest BCUT2D eigenvalue weighted by Gasteiger charge is 2.43. The largest absolute Gasteiger partial charge is 0.394 e. The van der Waals surface area contributed by atoms with Gasteiger partial charge in [-0.15, -0.1) is 0 Å². The maximum Gasteiger partial charge on any atom is 0.242 e. The maximum atomic E-state index is 12.0. The number of nitrogens with zero attached hydrogens (tertiary/aromatic N) is 2. The van der Waals surface area contributed by atoms with E-state index in [1.807, 2.05) is 0 Å². The van der Waals surface area contributed by atoms with Gasteiger partial charge in [0.2, 0.25) is 5.91 Å². The molecule has 0 radical (unpaired) electrons. The van der Waals surface area contributed by atoms with Gasteiger partial charge in [0, 0.05) is 13.6 Å². The van der Waals surface area contributed by atoms with E-state index in [1.165, 1.54) is 11.9 Å². The minimum atomic E-state index is -1.43. The first-order valence-electron chi connectivity index (χ1n) is 5.79. The normalized spacial score (nSPS) is 31.1. The first-order chi connectivity index (χ1) is 8.79. The Balaban J connectivity index is 2.79. The van der Waals surface area contributed by atoms with Crippen LogP contribution in [0.3, 0.4) is 0 Å². The molecule has 110 valence electrons. The van der Waals surface area contributed by atoms with E-state index in [9.17, 15) is 25.2 Å². The van der Waals surface area contributed by atoms with Crippen LogP contribution in [0.5, 0.6) is 0 Å². The number of hydrogen-bond acceptors (Lipinski definition) is 6. The van der Waals surface area contributed by atoms with E-state index < -0.39 is 36.9 Å². The number of guanidine groups is 1. The number of β-amino-alcohol motifs (C(OH)–C–C–N with tert-alkyl or cyclic N) is 1. The molecule has 0 unspecified atom stereocenters. The molecule has 9 heteroatoms. The van der Waals surface area contributed by atoms with Crippen LogP contribution in [0.1, 0.15) is 0 Å². The second kappa shape index (κ2) is 6.15. The van der Waals surface area contributed by atoms with Crippen molar-refractivity contribution >= 4 is 11.9 Å². The quantitative estimate of drug-likeness (QED) is 0.227. The van der Waals surface area contributed by atoms with Gasteiger partial charge < -0.3 is 36.0 Å². The molecule has 0 aromatic carbocycles. The minimum absolute atomic E-state index is 0.200. The molecule has 0 bridgehead atoms. The molecular formula is C10H20N4O5. The van der Waals surface area contributed by atoms with Crippen molar-refractivity contribution in [3.63, 3.8) is 0 Å². The second-order valence-corrected chi connectivity index (χ2v) is 4.59. The summed E-state index contributed by atoms with van der Waals surface area (Å²) in [6.07, 6.45) is -4.13.